The number of sulfonamides is 1. The molecule has 31 heavy (non-hydrogen) atoms. The van der Waals surface area contributed by atoms with E-state index in [0.717, 1.165) is 0 Å². The zero-order valence-electron chi connectivity index (χ0n) is 16.5. The van der Waals surface area contributed by atoms with E-state index in [2.05, 4.69) is 10.0 Å². The number of carbonyl (C=O) groups excluding carboxylic acids is 2. The molecule has 9 nitrogen and oxygen atoms in total. The van der Waals surface area contributed by atoms with E-state index in [1.807, 2.05) is 0 Å². The summed E-state index contributed by atoms with van der Waals surface area (Å²) in [7, 11) is -2.65. The average molecular weight is 466 g/mol. The zero-order chi connectivity index (χ0) is 22.6. The first-order chi connectivity index (χ1) is 14.7. The van der Waals surface area contributed by atoms with Crippen molar-refractivity contribution in [2.24, 2.45) is 0 Å². The number of nitrogens with one attached hydrogen (secondary N) is 2. The van der Waals surface area contributed by atoms with Gasteiger partial charge < -0.3 is 20.1 Å². The van der Waals surface area contributed by atoms with Crippen LogP contribution in [0.15, 0.2) is 64.7 Å². The molecule has 0 saturated carbocycles. The summed E-state index contributed by atoms with van der Waals surface area (Å²) in [4.78, 5) is 25.9. The predicted molar refractivity (Wildman–Crippen MR) is 115 cm³/mol. The summed E-state index contributed by atoms with van der Waals surface area (Å²) < 4.78 is 32.3. The fraction of sp³-hybridized carbons (Fsp3) is 0.200. The SMILES string of the molecule is COC(=O)C1=C(Nc2ccc(S(=O)(=O)Nc3cccc(Cl)c3)cc2)C(=O)N(CCO)C1. The lowest BCUT2D eigenvalue weighted by atomic mass is 10.2. The van der Waals surface area contributed by atoms with Crippen LogP contribution < -0.4 is 10.0 Å². The number of nitrogens with zero attached hydrogens (tertiary/aromatic N) is 1. The average Bonchev–Trinajstić information content (AvgIpc) is 3.03. The molecule has 3 N–H and O–H groups in total. The predicted octanol–water partition coefficient (Wildman–Crippen LogP) is 1.81. The third-order valence-electron chi connectivity index (χ3n) is 4.46. The van der Waals surface area contributed by atoms with E-state index in [1.165, 1.54) is 42.3 Å². The van der Waals surface area contributed by atoms with Crippen LogP contribution in [0.3, 0.4) is 0 Å². The molecule has 0 bridgehead atoms. The minimum Gasteiger partial charge on any atom is -0.466 e. The molecule has 1 amide bonds. The van der Waals surface area contributed by atoms with Crippen LogP contribution in [0.2, 0.25) is 5.02 Å². The lowest BCUT2D eigenvalue weighted by Crippen LogP contribution is -2.31. The summed E-state index contributed by atoms with van der Waals surface area (Å²) in [5, 5.41) is 12.4. The fourth-order valence-electron chi connectivity index (χ4n) is 2.98. The van der Waals surface area contributed by atoms with Crippen LogP contribution in [0.25, 0.3) is 0 Å². The highest BCUT2D eigenvalue weighted by Gasteiger charge is 2.34. The van der Waals surface area contributed by atoms with Gasteiger partial charge in [0.25, 0.3) is 15.9 Å². The highest BCUT2D eigenvalue weighted by Crippen LogP contribution is 2.24. The van der Waals surface area contributed by atoms with Crippen LogP contribution in [-0.4, -0.2) is 57.1 Å². The number of esters is 1. The third-order valence-corrected chi connectivity index (χ3v) is 6.10. The maximum absolute atomic E-state index is 12.6. The fourth-order valence-corrected chi connectivity index (χ4v) is 4.22. The number of anilines is 2. The minimum atomic E-state index is -3.85. The van der Waals surface area contributed by atoms with Crippen molar-refractivity contribution >= 4 is 44.9 Å². The Bertz CT molecular complexity index is 1130. The molecule has 0 radical (unpaired) electrons. The van der Waals surface area contributed by atoms with Gasteiger partial charge in [-0.1, -0.05) is 17.7 Å². The molecule has 0 saturated heterocycles. The molecule has 0 spiro atoms. The van der Waals surface area contributed by atoms with Gasteiger partial charge in [-0.05, 0) is 42.5 Å². The molecule has 11 heteroatoms. The molecule has 0 atom stereocenters. The molecule has 1 aliphatic rings. The highest BCUT2D eigenvalue weighted by atomic mass is 35.5. The van der Waals surface area contributed by atoms with Gasteiger partial charge in [0.05, 0.1) is 36.4 Å². The first kappa shape index (κ1) is 22.6. The van der Waals surface area contributed by atoms with Crippen LogP contribution in [0.1, 0.15) is 0 Å². The Balaban J connectivity index is 1.80. The van der Waals surface area contributed by atoms with Crippen LogP contribution >= 0.6 is 11.6 Å². The first-order valence-corrected chi connectivity index (χ1v) is 11.0. The van der Waals surface area contributed by atoms with Crippen molar-refractivity contribution in [1.29, 1.82) is 0 Å². The Morgan fingerprint density at radius 1 is 1.19 bits per heavy atom. The zero-order valence-corrected chi connectivity index (χ0v) is 18.0. The van der Waals surface area contributed by atoms with Gasteiger partial charge in [0.15, 0.2) is 0 Å². The molecular formula is C20H20ClN3O6S. The van der Waals surface area contributed by atoms with Gasteiger partial charge in [0, 0.05) is 17.3 Å². The lowest BCUT2D eigenvalue weighted by Gasteiger charge is -2.15. The molecule has 0 aliphatic carbocycles. The summed E-state index contributed by atoms with van der Waals surface area (Å²) in [6, 6.07) is 12.0. The van der Waals surface area contributed by atoms with Crippen LogP contribution in [0, 0.1) is 0 Å². The van der Waals surface area contributed by atoms with Gasteiger partial charge in [-0.3, -0.25) is 9.52 Å². The van der Waals surface area contributed by atoms with Gasteiger partial charge in [0.1, 0.15) is 5.70 Å². The highest BCUT2D eigenvalue weighted by molar-refractivity contribution is 7.92. The number of hydrogen-bond donors (Lipinski definition) is 3. The summed E-state index contributed by atoms with van der Waals surface area (Å²) in [6.45, 7) is -0.180. The van der Waals surface area contributed by atoms with E-state index in [0.29, 0.717) is 16.4 Å². The topological polar surface area (TPSA) is 125 Å². The maximum atomic E-state index is 12.6. The van der Waals surface area contributed by atoms with E-state index in [-0.39, 0.29) is 35.9 Å². The van der Waals surface area contributed by atoms with E-state index >= 15 is 0 Å². The smallest absolute Gasteiger partial charge is 0.337 e. The number of benzene rings is 2. The van der Waals surface area contributed by atoms with Crippen molar-refractivity contribution in [1.82, 2.24) is 4.90 Å². The van der Waals surface area contributed by atoms with E-state index in [1.54, 1.807) is 18.2 Å². The Labute approximate surface area is 184 Å². The second kappa shape index (κ2) is 9.38. The van der Waals surface area contributed by atoms with Crippen molar-refractivity contribution in [3.05, 3.63) is 64.8 Å². The molecule has 3 rings (SSSR count). The van der Waals surface area contributed by atoms with E-state index < -0.39 is 21.9 Å². The van der Waals surface area contributed by atoms with Crippen molar-refractivity contribution in [3.8, 4) is 0 Å². The van der Waals surface area contributed by atoms with Crippen LogP contribution in [0.5, 0.6) is 0 Å². The van der Waals surface area contributed by atoms with Gasteiger partial charge in [-0.15, -0.1) is 0 Å². The number of hydrogen-bond acceptors (Lipinski definition) is 7. The summed E-state index contributed by atoms with van der Waals surface area (Å²) in [5.74, 6) is -1.13. The largest absolute Gasteiger partial charge is 0.466 e. The lowest BCUT2D eigenvalue weighted by molar-refractivity contribution is -0.136. The van der Waals surface area contributed by atoms with Crippen molar-refractivity contribution in [2.45, 2.75) is 4.90 Å². The second-order valence-electron chi connectivity index (χ2n) is 6.56. The Hall–Kier alpha value is -3.08. The third kappa shape index (κ3) is 5.16. The Morgan fingerprint density at radius 3 is 2.52 bits per heavy atom. The Morgan fingerprint density at radius 2 is 1.90 bits per heavy atom. The number of halogens is 1. The van der Waals surface area contributed by atoms with E-state index in [4.69, 9.17) is 21.4 Å². The van der Waals surface area contributed by atoms with Gasteiger partial charge >= 0.3 is 5.97 Å². The monoisotopic (exact) mass is 465 g/mol. The number of methoxy groups -OCH3 is 1. The van der Waals surface area contributed by atoms with Crippen LogP contribution in [-0.2, 0) is 24.3 Å². The maximum Gasteiger partial charge on any atom is 0.337 e. The number of rotatable bonds is 8. The molecular weight excluding hydrogens is 446 g/mol. The molecule has 2 aromatic carbocycles. The second-order valence-corrected chi connectivity index (χ2v) is 8.68. The molecule has 1 aliphatic heterocycles. The Kier molecular flexibility index (Phi) is 6.84. The number of β-amino-alcohol motifs (C(OH)–C–C–N with tert-alkyl or cyclic N) is 1. The normalized spacial score (nSPS) is 14.0. The van der Waals surface area contributed by atoms with Crippen molar-refractivity contribution < 1.29 is 27.9 Å². The number of carbonyl (C=O) groups is 2. The molecule has 0 aromatic heterocycles. The van der Waals surface area contributed by atoms with Gasteiger partial charge in [-0.25, -0.2) is 13.2 Å². The minimum absolute atomic E-state index is 0.000137. The molecule has 2 aromatic rings. The van der Waals surface area contributed by atoms with Crippen molar-refractivity contribution in [2.75, 3.05) is 36.8 Å². The summed E-state index contributed by atoms with van der Waals surface area (Å²) >= 11 is 5.88. The first-order valence-electron chi connectivity index (χ1n) is 9.12. The molecule has 0 fully saturated rings. The summed E-state index contributed by atoms with van der Waals surface area (Å²) in [5.41, 5.74) is 0.869. The van der Waals surface area contributed by atoms with Gasteiger partial charge in [0.2, 0.25) is 0 Å². The number of aliphatic hydroxyl groups excluding tert-OH is 1. The van der Waals surface area contributed by atoms with Crippen molar-refractivity contribution in [3.63, 3.8) is 0 Å². The van der Waals surface area contributed by atoms with Crippen LogP contribution in [0.4, 0.5) is 11.4 Å². The molecule has 0 unspecified atom stereocenters. The molecule has 1 heterocycles. The number of ether oxygens (including phenoxy) is 1. The quantitative estimate of drug-likeness (QED) is 0.508. The number of amides is 1. The van der Waals surface area contributed by atoms with E-state index in [9.17, 15) is 18.0 Å². The number of aliphatic hydroxyl groups is 1. The summed E-state index contributed by atoms with van der Waals surface area (Å²) in [6.07, 6.45) is 0. The van der Waals surface area contributed by atoms with Gasteiger partial charge in [-0.2, -0.15) is 0 Å². The molecule has 164 valence electrons. The standard InChI is InChI=1S/C20H20ClN3O6S/c1-30-20(27)17-12-24(9-10-25)19(26)18(17)22-14-5-7-16(8-6-14)31(28,29)23-15-4-2-3-13(21)11-15/h2-8,11,22-23,25H,9-10,12H2,1H3.